The first kappa shape index (κ1) is 40.1. The van der Waals surface area contributed by atoms with Gasteiger partial charge in [0.25, 0.3) is 0 Å². The van der Waals surface area contributed by atoms with Crippen molar-refractivity contribution in [1.29, 1.82) is 0 Å². The van der Waals surface area contributed by atoms with Crippen LogP contribution in [0.2, 0.25) is 0 Å². The lowest BCUT2D eigenvalue weighted by atomic mass is 9.99. The number of allylic oxidation sites excluding steroid dienone is 4. The summed E-state index contributed by atoms with van der Waals surface area (Å²) in [4.78, 5) is 24.1. The van der Waals surface area contributed by atoms with Gasteiger partial charge in [-0.15, -0.1) is 0 Å². The fourth-order valence-electron chi connectivity index (χ4n) is 4.56. The molecule has 0 saturated heterocycles. The Labute approximate surface area is 258 Å². The molecule has 0 aliphatic carbocycles. The fourth-order valence-corrected chi connectivity index (χ4v) is 4.56. The van der Waals surface area contributed by atoms with Gasteiger partial charge >= 0.3 is 11.9 Å². The van der Waals surface area contributed by atoms with E-state index in [0.29, 0.717) is 19.3 Å². The molecule has 0 spiro atoms. The highest BCUT2D eigenvalue weighted by Gasteiger charge is 2.16. The van der Waals surface area contributed by atoms with E-state index in [-0.39, 0.29) is 25.2 Å². The zero-order valence-corrected chi connectivity index (χ0v) is 27.3. The van der Waals surface area contributed by atoms with E-state index in [1.165, 1.54) is 44.9 Å². The van der Waals surface area contributed by atoms with Crippen LogP contribution >= 0.6 is 0 Å². The number of aliphatic hydroxyl groups is 2. The molecule has 0 radical (unpaired) electrons. The Morgan fingerprint density at radius 1 is 0.738 bits per heavy atom. The van der Waals surface area contributed by atoms with E-state index < -0.39 is 12.2 Å². The van der Waals surface area contributed by atoms with Gasteiger partial charge in [0.2, 0.25) is 0 Å². The first-order chi connectivity index (χ1) is 20.4. The summed E-state index contributed by atoms with van der Waals surface area (Å²) in [6.07, 6.45) is 31.0. The predicted molar refractivity (Wildman–Crippen MR) is 174 cm³/mol. The van der Waals surface area contributed by atoms with Gasteiger partial charge in [-0.2, -0.15) is 0 Å². The first-order valence-corrected chi connectivity index (χ1v) is 17.0. The maximum Gasteiger partial charge on any atom is 0.306 e. The third-order valence-corrected chi connectivity index (χ3v) is 7.57. The zero-order chi connectivity index (χ0) is 31.1. The number of carbonyl (C=O) groups excluding carboxylic acids is 2. The molecule has 6 nitrogen and oxygen atoms in total. The van der Waals surface area contributed by atoms with Crippen LogP contribution in [0.4, 0.5) is 0 Å². The Kier molecular flexibility index (Phi) is 29.1. The Hall–Kier alpha value is -1.92. The Balaban J connectivity index is 3.69. The average Bonchev–Trinajstić information content (AvgIpc) is 2.98. The van der Waals surface area contributed by atoms with Crippen LogP contribution in [0.5, 0.6) is 0 Å². The second kappa shape index (κ2) is 30.5. The standard InChI is InChI=1S/C36H64O6/c1-4-6-20-26-33(38)27-22-17-13-8-7-9-14-18-23-28-35(39)41-31-34(30-37)42-36(40)29-24-19-15-11-10-12-16-21-25-32(3)5-2/h6,13,17,20,22,27,32-34,37-38H,4-5,7-12,14-16,18-19,21,23-26,28-31H2,1-3H3/b17-13+,20-6+,27-22+/t32?,33?,34-/m0/s1. The number of esters is 2. The summed E-state index contributed by atoms with van der Waals surface area (Å²) in [6, 6.07) is 0. The largest absolute Gasteiger partial charge is 0.462 e. The molecule has 0 aromatic carbocycles. The molecule has 0 aromatic rings. The van der Waals surface area contributed by atoms with Gasteiger partial charge in [-0.25, -0.2) is 0 Å². The maximum atomic E-state index is 12.1. The van der Waals surface area contributed by atoms with Crippen LogP contribution in [-0.4, -0.2) is 47.6 Å². The van der Waals surface area contributed by atoms with Crippen molar-refractivity contribution >= 4 is 11.9 Å². The minimum absolute atomic E-state index is 0.0919. The molecule has 0 heterocycles. The first-order valence-electron chi connectivity index (χ1n) is 17.0. The molecule has 0 aliphatic rings. The Morgan fingerprint density at radius 2 is 1.33 bits per heavy atom. The van der Waals surface area contributed by atoms with Crippen molar-refractivity contribution in [2.24, 2.45) is 5.92 Å². The Bertz CT molecular complexity index is 714. The lowest BCUT2D eigenvalue weighted by molar-refractivity contribution is -0.161. The summed E-state index contributed by atoms with van der Waals surface area (Å²) < 4.78 is 10.5. The van der Waals surface area contributed by atoms with Gasteiger partial charge in [-0.3, -0.25) is 9.59 Å². The fraction of sp³-hybridized carbons (Fsp3) is 0.778. The molecule has 2 unspecified atom stereocenters. The number of aliphatic hydroxyl groups excluding tert-OH is 2. The molecule has 0 fully saturated rings. The second-order valence-electron chi connectivity index (χ2n) is 11.7. The van der Waals surface area contributed by atoms with Crippen molar-refractivity contribution in [3.8, 4) is 0 Å². The van der Waals surface area contributed by atoms with Crippen molar-refractivity contribution in [2.45, 2.75) is 161 Å². The smallest absolute Gasteiger partial charge is 0.306 e. The van der Waals surface area contributed by atoms with Crippen molar-refractivity contribution in [3.63, 3.8) is 0 Å². The molecule has 2 N–H and O–H groups in total. The van der Waals surface area contributed by atoms with Crippen LogP contribution in [0.25, 0.3) is 0 Å². The van der Waals surface area contributed by atoms with E-state index in [1.807, 2.05) is 24.3 Å². The van der Waals surface area contributed by atoms with Crippen molar-refractivity contribution in [1.82, 2.24) is 0 Å². The van der Waals surface area contributed by atoms with E-state index in [1.54, 1.807) is 0 Å². The van der Waals surface area contributed by atoms with Gasteiger partial charge in [-0.1, -0.05) is 134 Å². The summed E-state index contributed by atoms with van der Waals surface area (Å²) in [5, 5.41) is 19.3. The van der Waals surface area contributed by atoms with Gasteiger partial charge in [0.1, 0.15) is 6.61 Å². The van der Waals surface area contributed by atoms with Gasteiger partial charge in [0.15, 0.2) is 6.10 Å². The number of hydrogen-bond donors (Lipinski definition) is 2. The van der Waals surface area contributed by atoms with Crippen LogP contribution in [0.15, 0.2) is 36.5 Å². The lowest BCUT2D eigenvalue weighted by Gasteiger charge is -2.15. The molecular formula is C36H64O6. The average molecular weight is 593 g/mol. The quantitative estimate of drug-likeness (QED) is 0.0390. The highest BCUT2D eigenvalue weighted by atomic mass is 16.6. The summed E-state index contributed by atoms with van der Waals surface area (Å²) in [5.41, 5.74) is 0. The minimum atomic E-state index is -0.791. The van der Waals surface area contributed by atoms with Crippen molar-refractivity contribution < 1.29 is 29.3 Å². The van der Waals surface area contributed by atoms with Crippen LogP contribution in [0.3, 0.4) is 0 Å². The van der Waals surface area contributed by atoms with Crippen LogP contribution < -0.4 is 0 Å². The molecular weight excluding hydrogens is 528 g/mol. The predicted octanol–water partition coefficient (Wildman–Crippen LogP) is 8.94. The van der Waals surface area contributed by atoms with E-state index in [4.69, 9.17) is 9.47 Å². The van der Waals surface area contributed by atoms with E-state index in [0.717, 1.165) is 70.1 Å². The monoisotopic (exact) mass is 592 g/mol. The molecule has 0 amide bonds. The third-order valence-electron chi connectivity index (χ3n) is 7.57. The normalized spacial score (nSPS) is 14.1. The second-order valence-corrected chi connectivity index (χ2v) is 11.7. The van der Waals surface area contributed by atoms with Crippen LogP contribution in [-0.2, 0) is 19.1 Å². The third kappa shape index (κ3) is 28.2. The zero-order valence-electron chi connectivity index (χ0n) is 27.3. The SMILES string of the molecule is CC/C=C/CC(O)/C=C/C=C/CCCCCCCC(=O)OC[C@H](CO)OC(=O)CCCCCCCCCCC(C)CC. The van der Waals surface area contributed by atoms with Gasteiger partial charge in [-0.05, 0) is 44.4 Å². The van der Waals surface area contributed by atoms with Crippen LogP contribution in [0, 0.1) is 5.92 Å². The maximum absolute atomic E-state index is 12.1. The topological polar surface area (TPSA) is 93.1 Å². The van der Waals surface area contributed by atoms with Gasteiger partial charge in [0.05, 0.1) is 12.7 Å². The number of ether oxygens (including phenoxy) is 2. The summed E-state index contributed by atoms with van der Waals surface area (Å²) in [7, 11) is 0. The molecule has 3 atom stereocenters. The molecule has 0 saturated carbocycles. The molecule has 0 rings (SSSR count). The summed E-state index contributed by atoms with van der Waals surface area (Å²) in [6.45, 7) is 6.22. The molecule has 0 aliphatic heterocycles. The van der Waals surface area contributed by atoms with Gasteiger partial charge < -0.3 is 19.7 Å². The molecule has 0 aromatic heterocycles. The van der Waals surface area contributed by atoms with E-state index in [9.17, 15) is 19.8 Å². The Morgan fingerprint density at radius 3 is 1.95 bits per heavy atom. The molecule has 244 valence electrons. The van der Waals surface area contributed by atoms with Gasteiger partial charge in [0, 0.05) is 12.8 Å². The van der Waals surface area contributed by atoms with Crippen molar-refractivity contribution in [2.75, 3.05) is 13.2 Å². The molecule has 6 heteroatoms. The highest BCUT2D eigenvalue weighted by Crippen LogP contribution is 2.15. The number of unbranched alkanes of at least 4 members (excludes halogenated alkanes) is 12. The van der Waals surface area contributed by atoms with Crippen molar-refractivity contribution in [3.05, 3.63) is 36.5 Å². The number of rotatable bonds is 29. The minimum Gasteiger partial charge on any atom is -0.462 e. The molecule has 0 bridgehead atoms. The number of carbonyl (C=O) groups is 2. The molecule has 42 heavy (non-hydrogen) atoms. The number of hydrogen-bond acceptors (Lipinski definition) is 6. The highest BCUT2D eigenvalue weighted by molar-refractivity contribution is 5.70. The summed E-state index contributed by atoms with van der Waals surface area (Å²) >= 11 is 0. The van der Waals surface area contributed by atoms with E-state index >= 15 is 0 Å². The summed E-state index contributed by atoms with van der Waals surface area (Å²) in [5.74, 6) is 0.200. The van der Waals surface area contributed by atoms with E-state index in [2.05, 4.69) is 32.9 Å². The van der Waals surface area contributed by atoms with Crippen LogP contribution in [0.1, 0.15) is 149 Å². The lowest BCUT2D eigenvalue weighted by Crippen LogP contribution is -2.28.